The highest BCUT2D eigenvalue weighted by Gasteiger charge is 2.28. The van der Waals surface area contributed by atoms with Crippen LogP contribution in [0.5, 0.6) is 11.5 Å². The molecule has 1 unspecified atom stereocenters. The Morgan fingerprint density at radius 3 is 2.59 bits per heavy atom. The Hall–Kier alpha value is -4.40. The van der Waals surface area contributed by atoms with Crippen LogP contribution in [0.2, 0.25) is 0 Å². The molecule has 1 N–H and O–H groups in total. The molecule has 1 aliphatic heterocycles. The summed E-state index contributed by atoms with van der Waals surface area (Å²) in [5, 5.41) is 18.2. The van der Waals surface area contributed by atoms with E-state index in [0.29, 0.717) is 43.6 Å². The molecule has 0 aliphatic carbocycles. The van der Waals surface area contributed by atoms with E-state index in [2.05, 4.69) is 10.3 Å². The van der Waals surface area contributed by atoms with Crippen LogP contribution in [0, 0.1) is 0 Å². The number of carbonyl (C=O) groups excluding carboxylic acids is 1. The van der Waals surface area contributed by atoms with Crippen LogP contribution < -0.4 is 9.47 Å². The molecule has 0 spiro atoms. The third-order valence-corrected chi connectivity index (χ3v) is 7.51. The van der Waals surface area contributed by atoms with Crippen molar-refractivity contribution in [1.82, 2.24) is 19.9 Å². The summed E-state index contributed by atoms with van der Waals surface area (Å²) >= 11 is 0. The second-order valence-corrected chi connectivity index (χ2v) is 9.85. The minimum atomic E-state index is -0.887. The Kier molecular flexibility index (Phi) is 7.49. The molecule has 1 atom stereocenters. The Bertz CT molecular complexity index is 1510. The number of aromatic nitrogens is 3. The number of benzene rings is 3. The van der Waals surface area contributed by atoms with Crippen LogP contribution in [0.15, 0.2) is 54.6 Å². The monoisotopic (exact) mass is 528 g/mol. The highest BCUT2D eigenvalue weighted by atomic mass is 16.5. The molecule has 3 aromatic carbocycles. The number of aliphatic carboxylic acids is 1. The fourth-order valence-electron chi connectivity index (χ4n) is 5.49. The predicted molar refractivity (Wildman–Crippen MR) is 146 cm³/mol. The number of rotatable bonds is 9. The number of carboxylic acid groups (broad SMARTS) is 1. The lowest BCUT2D eigenvalue weighted by molar-refractivity contribution is -0.137. The van der Waals surface area contributed by atoms with Crippen molar-refractivity contribution in [3.8, 4) is 11.5 Å². The Balaban J connectivity index is 1.39. The molecule has 202 valence electrons. The SMILES string of the molecule is COc1ccc(CCC(=O)N2CCc3c(cccc3C(CC(=O)O)c3cc(OC)c4c(c3)nnn4C)C2)cc1. The molecular formula is C30H32N4O5. The number of ether oxygens (including phenoxy) is 2. The molecular weight excluding hydrogens is 496 g/mol. The Labute approximate surface area is 227 Å². The first-order chi connectivity index (χ1) is 18.9. The standard InChI is InChI=1S/C30H32N4O5/c1-33-30-26(31-32-33)15-21(16-27(30)39-3)25(17-29(36)37)24-6-4-5-20-18-34(14-13-23(20)24)28(35)12-9-19-7-10-22(38-2)11-8-19/h4-8,10-11,15-16,25H,9,12-14,17-18H2,1-3H3,(H,36,37). The molecule has 1 aliphatic rings. The van der Waals surface area contributed by atoms with Crippen molar-refractivity contribution in [2.75, 3.05) is 20.8 Å². The number of aryl methyl sites for hydroxylation is 2. The maximum Gasteiger partial charge on any atom is 0.304 e. The van der Waals surface area contributed by atoms with Gasteiger partial charge in [0.15, 0.2) is 0 Å². The first-order valence-corrected chi connectivity index (χ1v) is 13.0. The largest absolute Gasteiger partial charge is 0.497 e. The molecule has 9 heteroatoms. The number of fused-ring (bicyclic) bond motifs is 2. The molecule has 9 nitrogen and oxygen atoms in total. The number of hydrogen-bond donors (Lipinski definition) is 1. The first-order valence-electron chi connectivity index (χ1n) is 13.0. The number of hydrogen-bond acceptors (Lipinski definition) is 6. The number of carboxylic acids is 1. The van der Waals surface area contributed by atoms with Crippen LogP contribution >= 0.6 is 0 Å². The molecule has 0 saturated heterocycles. The summed E-state index contributed by atoms with van der Waals surface area (Å²) < 4.78 is 12.5. The van der Waals surface area contributed by atoms with Gasteiger partial charge >= 0.3 is 5.97 Å². The van der Waals surface area contributed by atoms with Crippen LogP contribution in [0.3, 0.4) is 0 Å². The summed E-state index contributed by atoms with van der Waals surface area (Å²) in [6.07, 6.45) is 1.69. The van der Waals surface area contributed by atoms with Crippen molar-refractivity contribution in [1.29, 1.82) is 0 Å². The zero-order valence-corrected chi connectivity index (χ0v) is 22.4. The lowest BCUT2D eigenvalue weighted by atomic mass is 9.82. The topological polar surface area (TPSA) is 107 Å². The lowest BCUT2D eigenvalue weighted by Crippen LogP contribution is -2.36. The molecule has 5 rings (SSSR count). The zero-order valence-electron chi connectivity index (χ0n) is 22.4. The average Bonchev–Trinajstić information content (AvgIpc) is 3.34. The van der Waals surface area contributed by atoms with Gasteiger partial charge in [-0.3, -0.25) is 9.59 Å². The van der Waals surface area contributed by atoms with E-state index < -0.39 is 11.9 Å². The second kappa shape index (κ2) is 11.1. The molecule has 0 fully saturated rings. The summed E-state index contributed by atoms with van der Waals surface area (Å²) in [5.41, 5.74) is 6.45. The highest BCUT2D eigenvalue weighted by molar-refractivity contribution is 5.83. The number of methoxy groups -OCH3 is 2. The average molecular weight is 529 g/mol. The van der Waals surface area contributed by atoms with Gasteiger partial charge in [-0.2, -0.15) is 0 Å². The van der Waals surface area contributed by atoms with E-state index in [1.807, 2.05) is 59.5 Å². The molecule has 0 saturated carbocycles. The summed E-state index contributed by atoms with van der Waals surface area (Å²) in [5.74, 6) is 0.229. The maximum atomic E-state index is 13.1. The molecule has 0 bridgehead atoms. The third-order valence-electron chi connectivity index (χ3n) is 7.51. The van der Waals surface area contributed by atoms with E-state index >= 15 is 0 Å². The summed E-state index contributed by atoms with van der Waals surface area (Å²) in [7, 11) is 5.02. The van der Waals surface area contributed by atoms with Crippen LogP contribution in [0.1, 0.15) is 46.6 Å². The summed E-state index contributed by atoms with van der Waals surface area (Å²) in [6, 6.07) is 17.6. The van der Waals surface area contributed by atoms with E-state index in [-0.39, 0.29) is 12.3 Å². The van der Waals surface area contributed by atoms with Crippen molar-refractivity contribution in [2.24, 2.45) is 7.05 Å². The maximum absolute atomic E-state index is 13.1. The van der Waals surface area contributed by atoms with Gasteiger partial charge < -0.3 is 19.5 Å². The van der Waals surface area contributed by atoms with Crippen LogP contribution in [0.25, 0.3) is 11.0 Å². The summed E-state index contributed by atoms with van der Waals surface area (Å²) in [4.78, 5) is 27.0. The normalized spacial score (nSPS) is 13.7. The van der Waals surface area contributed by atoms with Crippen molar-refractivity contribution < 1.29 is 24.2 Å². The Morgan fingerprint density at radius 2 is 1.87 bits per heavy atom. The fraction of sp³-hybridized carbons (Fsp3) is 0.333. The molecule has 0 radical (unpaired) electrons. The van der Waals surface area contributed by atoms with Crippen molar-refractivity contribution in [2.45, 2.75) is 38.1 Å². The lowest BCUT2D eigenvalue weighted by Gasteiger charge is -2.32. The quantitative estimate of drug-likeness (QED) is 0.348. The summed E-state index contributed by atoms with van der Waals surface area (Å²) in [6.45, 7) is 1.11. The van der Waals surface area contributed by atoms with E-state index in [1.165, 1.54) is 0 Å². The van der Waals surface area contributed by atoms with Crippen LogP contribution in [-0.2, 0) is 36.0 Å². The third kappa shape index (κ3) is 5.43. The van der Waals surface area contributed by atoms with Gasteiger partial charge in [0.25, 0.3) is 0 Å². The minimum Gasteiger partial charge on any atom is -0.497 e. The fourth-order valence-corrected chi connectivity index (χ4v) is 5.49. The van der Waals surface area contributed by atoms with E-state index in [4.69, 9.17) is 9.47 Å². The van der Waals surface area contributed by atoms with Crippen LogP contribution in [0.4, 0.5) is 0 Å². The van der Waals surface area contributed by atoms with Gasteiger partial charge in [-0.1, -0.05) is 35.5 Å². The molecule has 1 aromatic heterocycles. The van der Waals surface area contributed by atoms with E-state index in [9.17, 15) is 14.7 Å². The van der Waals surface area contributed by atoms with Gasteiger partial charge in [0.1, 0.15) is 22.5 Å². The van der Waals surface area contributed by atoms with Gasteiger partial charge in [-0.15, -0.1) is 5.10 Å². The van der Waals surface area contributed by atoms with Gasteiger partial charge in [0.05, 0.1) is 20.6 Å². The van der Waals surface area contributed by atoms with Crippen molar-refractivity contribution >= 4 is 22.9 Å². The van der Waals surface area contributed by atoms with Gasteiger partial charge in [-0.05, 0) is 64.9 Å². The number of nitrogens with zero attached hydrogens (tertiary/aromatic N) is 4. The molecule has 39 heavy (non-hydrogen) atoms. The molecule has 4 aromatic rings. The van der Waals surface area contributed by atoms with E-state index in [0.717, 1.165) is 39.1 Å². The molecule has 1 amide bonds. The predicted octanol–water partition coefficient (Wildman–Crippen LogP) is 4.11. The second-order valence-electron chi connectivity index (χ2n) is 9.85. The van der Waals surface area contributed by atoms with Gasteiger partial charge in [0.2, 0.25) is 5.91 Å². The zero-order chi connectivity index (χ0) is 27.5. The van der Waals surface area contributed by atoms with Crippen molar-refractivity contribution in [3.05, 3.63) is 82.4 Å². The van der Waals surface area contributed by atoms with E-state index in [1.54, 1.807) is 25.9 Å². The number of amides is 1. The minimum absolute atomic E-state index is 0.0735. The highest BCUT2D eigenvalue weighted by Crippen LogP contribution is 2.38. The number of carbonyl (C=O) groups is 2. The van der Waals surface area contributed by atoms with Gasteiger partial charge in [0, 0.05) is 32.5 Å². The Morgan fingerprint density at radius 1 is 1.08 bits per heavy atom. The smallest absolute Gasteiger partial charge is 0.304 e. The van der Waals surface area contributed by atoms with Crippen molar-refractivity contribution in [3.63, 3.8) is 0 Å². The van der Waals surface area contributed by atoms with Crippen LogP contribution in [-0.4, -0.2) is 57.6 Å². The first kappa shape index (κ1) is 26.2. The molecule has 2 heterocycles. The van der Waals surface area contributed by atoms with Gasteiger partial charge in [-0.25, -0.2) is 4.68 Å².